The van der Waals surface area contributed by atoms with E-state index in [-0.39, 0.29) is 10.7 Å². The number of rotatable bonds is 5. The van der Waals surface area contributed by atoms with E-state index in [2.05, 4.69) is 9.69 Å². The molecule has 0 radical (unpaired) electrons. The predicted octanol–water partition coefficient (Wildman–Crippen LogP) is 3.09. The Labute approximate surface area is 137 Å². The van der Waals surface area contributed by atoms with Crippen molar-refractivity contribution >= 4 is 55.4 Å². The average Bonchev–Trinajstić information content (AvgIpc) is 2.73. The van der Waals surface area contributed by atoms with E-state index in [1.54, 1.807) is 12.1 Å². The summed E-state index contributed by atoms with van der Waals surface area (Å²) >= 11 is 12.9. The van der Waals surface area contributed by atoms with Gasteiger partial charge in [-0.2, -0.15) is 4.37 Å². The van der Waals surface area contributed by atoms with Crippen LogP contribution in [0, 0.1) is 0 Å². The zero-order chi connectivity index (χ0) is 15.6. The molecule has 1 aromatic carbocycles. The minimum absolute atomic E-state index is 0.0227. The number of nitrogen functional groups attached to an aromatic ring is 1. The lowest BCUT2D eigenvalue weighted by molar-refractivity contribution is 0.602. The Morgan fingerprint density at radius 2 is 2.10 bits per heavy atom. The van der Waals surface area contributed by atoms with E-state index in [4.69, 9.17) is 28.9 Å². The molecule has 0 atom stereocenters. The Bertz CT molecular complexity index is 760. The highest BCUT2D eigenvalue weighted by molar-refractivity contribution is 7.91. The molecule has 0 unspecified atom stereocenters. The molecule has 0 fully saturated rings. The van der Waals surface area contributed by atoms with Gasteiger partial charge in [-0.25, -0.2) is 8.42 Å². The molecule has 0 aliphatic heterocycles. The van der Waals surface area contributed by atoms with Crippen LogP contribution >= 0.6 is 34.7 Å². The lowest BCUT2D eigenvalue weighted by Gasteiger charge is -2.07. The highest BCUT2D eigenvalue weighted by Gasteiger charge is 2.20. The van der Waals surface area contributed by atoms with Gasteiger partial charge in [0.2, 0.25) is 0 Å². The van der Waals surface area contributed by atoms with Crippen molar-refractivity contribution in [2.24, 2.45) is 0 Å². The Kier molecular flexibility index (Phi) is 4.98. The first-order valence-electron chi connectivity index (χ1n) is 5.92. The summed E-state index contributed by atoms with van der Waals surface area (Å²) in [6.45, 7) is 0.505. The zero-order valence-electron chi connectivity index (χ0n) is 11.1. The van der Waals surface area contributed by atoms with Crippen LogP contribution in [0.5, 0.6) is 0 Å². The van der Waals surface area contributed by atoms with Gasteiger partial charge in [0, 0.05) is 22.8 Å². The fourth-order valence-electron chi connectivity index (χ4n) is 1.80. The summed E-state index contributed by atoms with van der Waals surface area (Å²) in [4.78, 5) is 0.0507. The van der Waals surface area contributed by atoms with E-state index in [1.165, 1.54) is 0 Å². The Balaban J connectivity index is 2.08. The number of benzene rings is 1. The van der Waals surface area contributed by atoms with Crippen LogP contribution in [0.3, 0.4) is 0 Å². The maximum atomic E-state index is 11.7. The van der Waals surface area contributed by atoms with Crippen LogP contribution in [0.4, 0.5) is 10.8 Å². The maximum Gasteiger partial charge on any atom is 0.182 e. The minimum atomic E-state index is -3.41. The summed E-state index contributed by atoms with van der Waals surface area (Å²) in [6.07, 6.45) is 1.73. The summed E-state index contributed by atoms with van der Waals surface area (Å²) < 4.78 is 27.2. The van der Waals surface area contributed by atoms with Gasteiger partial charge in [0.15, 0.2) is 15.7 Å². The summed E-state index contributed by atoms with van der Waals surface area (Å²) in [7, 11) is -3.41. The standard InChI is InChI=1S/C12H13Cl2N3O2S2/c1-21(18,19)10-11(15)17-20-12(10)16-5-4-7-2-3-8(13)6-9(7)14/h2-3,6,16H,4-5H2,1H3,(H2,15,17). The second-order valence-electron chi connectivity index (χ2n) is 4.41. The van der Waals surface area contributed by atoms with Crippen LogP contribution in [0.1, 0.15) is 5.56 Å². The lowest BCUT2D eigenvalue weighted by atomic mass is 10.1. The molecule has 2 rings (SSSR count). The third-order valence-corrected chi connectivity index (χ3v) is 5.43. The van der Waals surface area contributed by atoms with Crippen molar-refractivity contribution in [2.45, 2.75) is 11.3 Å². The molecular weight excluding hydrogens is 353 g/mol. The minimum Gasteiger partial charge on any atom is -0.382 e. The smallest absolute Gasteiger partial charge is 0.182 e. The molecule has 0 aliphatic carbocycles. The fraction of sp³-hybridized carbons (Fsp3) is 0.250. The van der Waals surface area contributed by atoms with E-state index < -0.39 is 9.84 Å². The van der Waals surface area contributed by atoms with E-state index >= 15 is 0 Å². The molecular formula is C12H13Cl2N3O2S2. The first-order valence-corrected chi connectivity index (χ1v) is 9.34. The SMILES string of the molecule is CS(=O)(=O)c1c(N)nsc1NCCc1ccc(Cl)cc1Cl. The summed E-state index contributed by atoms with van der Waals surface area (Å²) in [5.41, 5.74) is 6.52. The predicted molar refractivity (Wildman–Crippen MR) is 88.3 cm³/mol. The van der Waals surface area contributed by atoms with Gasteiger partial charge in [-0.1, -0.05) is 29.3 Å². The highest BCUT2D eigenvalue weighted by atomic mass is 35.5. The third-order valence-electron chi connectivity index (χ3n) is 2.74. The molecule has 0 saturated heterocycles. The molecule has 0 saturated carbocycles. The summed E-state index contributed by atoms with van der Waals surface area (Å²) in [5, 5.41) is 4.64. The van der Waals surface area contributed by atoms with Crippen molar-refractivity contribution in [3.05, 3.63) is 33.8 Å². The first-order chi connectivity index (χ1) is 9.79. The average molecular weight is 366 g/mol. The number of nitrogens with one attached hydrogen (secondary N) is 1. The van der Waals surface area contributed by atoms with Gasteiger partial charge in [0.25, 0.3) is 0 Å². The largest absolute Gasteiger partial charge is 0.382 e. The molecule has 2 aromatic rings. The Morgan fingerprint density at radius 3 is 2.71 bits per heavy atom. The maximum absolute atomic E-state index is 11.7. The third kappa shape index (κ3) is 4.00. The molecule has 3 N–H and O–H groups in total. The van der Waals surface area contributed by atoms with Crippen LogP contribution in [0.25, 0.3) is 0 Å². The van der Waals surface area contributed by atoms with E-state index in [0.29, 0.717) is 28.0 Å². The van der Waals surface area contributed by atoms with Crippen LogP contribution < -0.4 is 11.1 Å². The van der Waals surface area contributed by atoms with Gasteiger partial charge in [-0.3, -0.25) is 0 Å². The molecule has 21 heavy (non-hydrogen) atoms. The van der Waals surface area contributed by atoms with E-state index in [9.17, 15) is 8.42 Å². The lowest BCUT2D eigenvalue weighted by Crippen LogP contribution is -2.08. The van der Waals surface area contributed by atoms with E-state index in [0.717, 1.165) is 23.4 Å². The molecule has 5 nitrogen and oxygen atoms in total. The number of hydrogen-bond acceptors (Lipinski definition) is 6. The molecule has 0 spiro atoms. The quantitative estimate of drug-likeness (QED) is 0.849. The monoisotopic (exact) mass is 365 g/mol. The molecule has 1 aromatic heterocycles. The van der Waals surface area contributed by atoms with Gasteiger partial charge in [-0.15, -0.1) is 0 Å². The number of aromatic nitrogens is 1. The van der Waals surface area contributed by atoms with Crippen LogP contribution in [0.2, 0.25) is 10.0 Å². The molecule has 0 bridgehead atoms. The highest BCUT2D eigenvalue weighted by Crippen LogP contribution is 2.31. The van der Waals surface area contributed by atoms with Crippen molar-refractivity contribution < 1.29 is 8.42 Å². The van der Waals surface area contributed by atoms with Crippen molar-refractivity contribution in [3.8, 4) is 0 Å². The number of nitrogens with two attached hydrogens (primary N) is 1. The second-order valence-corrected chi connectivity index (χ2v) is 7.98. The van der Waals surface area contributed by atoms with Gasteiger partial charge in [0.05, 0.1) is 0 Å². The number of halogens is 2. The Hall–Kier alpha value is -1.02. The van der Waals surface area contributed by atoms with Crippen LogP contribution in [0.15, 0.2) is 23.1 Å². The molecule has 9 heteroatoms. The molecule has 0 aliphatic rings. The summed E-state index contributed by atoms with van der Waals surface area (Å²) in [6, 6.07) is 5.27. The van der Waals surface area contributed by atoms with Gasteiger partial charge >= 0.3 is 0 Å². The summed E-state index contributed by atoms with van der Waals surface area (Å²) in [5.74, 6) is 0.0227. The molecule has 0 amide bonds. The molecule has 1 heterocycles. The number of sulfone groups is 1. The Morgan fingerprint density at radius 1 is 1.38 bits per heavy atom. The second kappa shape index (κ2) is 6.39. The van der Waals surface area contributed by atoms with Gasteiger partial charge in [-0.05, 0) is 35.6 Å². The van der Waals surface area contributed by atoms with Gasteiger partial charge in [0.1, 0.15) is 9.90 Å². The van der Waals surface area contributed by atoms with Crippen molar-refractivity contribution in [1.29, 1.82) is 0 Å². The van der Waals surface area contributed by atoms with Gasteiger partial charge < -0.3 is 11.1 Å². The number of hydrogen-bond donors (Lipinski definition) is 2. The topological polar surface area (TPSA) is 85.1 Å². The first kappa shape index (κ1) is 16.4. The molecule has 114 valence electrons. The fourth-order valence-corrected chi connectivity index (χ4v) is 4.40. The van der Waals surface area contributed by atoms with Crippen LogP contribution in [-0.2, 0) is 16.3 Å². The zero-order valence-corrected chi connectivity index (χ0v) is 14.2. The van der Waals surface area contributed by atoms with Crippen molar-refractivity contribution in [1.82, 2.24) is 4.37 Å². The number of anilines is 2. The van der Waals surface area contributed by atoms with Crippen molar-refractivity contribution in [2.75, 3.05) is 23.9 Å². The van der Waals surface area contributed by atoms with Crippen LogP contribution in [-0.4, -0.2) is 25.6 Å². The number of nitrogens with zero attached hydrogens (tertiary/aromatic N) is 1. The van der Waals surface area contributed by atoms with Crippen molar-refractivity contribution in [3.63, 3.8) is 0 Å². The normalized spacial score (nSPS) is 11.6. The van der Waals surface area contributed by atoms with E-state index in [1.807, 2.05) is 6.07 Å².